The number of carbonyl (C=O) groups is 2. The number of amides is 2. The molecule has 0 aromatic carbocycles. The van der Waals surface area contributed by atoms with Crippen LogP contribution < -0.4 is 10.9 Å². The fraction of sp³-hybridized carbons (Fsp3) is 0.455. The lowest BCUT2D eigenvalue weighted by molar-refractivity contribution is -0.123. The lowest BCUT2D eigenvalue weighted by atomic mass is 10.2. The number of aryl methyl sites for hydroxylation is 2. The van der Waals surface area contributed by atoms with Gasteiger partial charge in [-0.1, -0.05) is 13.8 Å². The van der Waals surface area contributed by atoms with E-state index in [-0.39, 0.29) is 11.8 Å². The summed E-state index contributed by atoms with van der Waals surface area (Å²) >= 11 is 3.38. The largest absolute Gasteiger partial charge is 0.273 e. The van der Waals surface area contributed by atoms with Crippen molar-refractivity contribution in [1.82, 2.24) is 10.9 Å². The summed E-state index contributed by atoms with van der Waals surface area (Å²) in [5, 5.41) is 8.35. The molecule has 2 heterocycles. The molecule has 0 saturated carbocycles. The van der Waals surface area contributed by atoms with E-state index in [9.17, 15) is 9.59 Å². The van der Waals surface area contributed by atoms with Crippen molar-refractivity contribution in [3.8, 4) is 0 Å². The molecule has 162 valence electrons. The summed E-state index contributed by atoms with van der Waals surface area (Å²) in [6.45, 7) is 8.00. The third-order valence-corrected chi connectivity index (χ3v) is 7.16. The molecule has 0 atom stereocenters. The molecule has 0 bridgehead atoms. The fourth-order valence-corrected chi connectivity index (χ4v) is 4.39. The Bertz CT molecular complexity index is 838. The molecule has 2 N–H and O–H groups in total. The van der Waals surface area contributed by atoms with Gasteiger partial charge >= 0.3 is 0 Å². The van der Waals surface area contributed by atoms with Crippen molar-refractivity contribution < 1.29 is 9.59 Å². The zero-order valence-corrected chi connectivity index (χ0v) is 19.7. The number of hydrogen-bond donors (Lipinski definition) is 2. The summed E-state index contributed by atoms with van der Waals surface area (Å²) in [6, 6.07) is 8.22. The Morgan fingerprint density at radius 3 is 1.50 bits per heavy atom. The Labute approximate surface area is 186 Å². The second-order valence-corrected chi connectivity index (χ2v) is 9.25. The van der Waals surface area contributed by atoms with Gasteiger partial charge < -0.3 is 0 Å². The summed E-state index contributed by atoms with van der Waals surface area (Å²) < 4.78 is 0. The van der Waals surface area contributed by atoms with E-state index in [1.165, 1.54) is 9.75 Å². The van der Waals surface area contributed by atoms with Crippen LogP contribution in [-0.2, 0) is 22.4 Å². The van der Waals surface area contributed by atoms with Gasteiger partial charge in [0.25, 0.3) is 0 Å². The summed E-state index contributed by atoms with van der Waals surface area (Å²) in [7, 11) is 0. The Hall–Kier alpha value is -2.32. The van der Waals surface area contributed by atoms with Gasteiger partial charge in [-0.15, -0.1) is 22.7 Å². The average molecular weight is 447 g/mol. The summed E-state index contributed by atoms with van der Waals surface area (Å²) in [5.74, 6) is -0.277. The maximum Gasteiger partial charge on any atom is 0.240 e. The van der Waals surface area contributed by atoms with Crippen LogP contribution in [0.4, 0.5) is 0 Å². The van der Waals surface area contributed by atoms with Gasteiger partial charge in [0.05, 0.1) is 21.2 Å². The van der Waals surface area contributed by atoms with Gasteiger partial charge in [0, 0.05) is 22.6 Å². The molecule has 0 aliphatic rings. The van der Waals surface area contributed by atoms with Gasteiger partial charge in [-0.3, -0.25) is 9.59 Å². The molecule has 0 radical (unpaired) electrons. The van der Waals surface area contributed by atoms with Gasteiger partial charge in [-0.25, -0.2) is 10.9 Å². The van der Waals surface area contributed by atoms with E-state index in [0.717, 1.165) is 34.0 Å². The van der Waals surface area contributed by atoms with Crippen LogP contribution in [0, 0.1) is 0 Å². The standard InChI is InChI=1S/C22H30N4O2S2/c1-5-17-11-13-19(29-17)15(3)23-25-21(27)9-7-8-10-22(28)26-24-16(4)20-14-12-18(6-2)30-20/h11-14H,5-10H2,1-4H3,(H,25,27)(H,26,28). The monoisotopic (exact) mass is 446 g/mol. The second-order valence-electron chi connectivity index (χ2n) is 6.91. The number of unbranched alkanes of at least 4 members (excludes halogenated alkanes) is 1. The van der Waals surface area contributed by atoms with E-state index in [1.54, 1.807) is 22.7 Å². The molecule has 6 nitrogen and oxygen atoms in total. The lowest BCUT2D eigenvalue weighted by Gasteiger charge is -2.03. The number of hydrazone groups is 2. The smallest absolute Gasteiger partial charge is 0.240 e. The maximum absolute atomic E-state index is 11.9. The molecule has 0 unspecified atom stereocenters. The van der Waals surface area contributed by atoms with Crippen LogP contribution in [0.15, 0.2) is 34.5 Å². The molecular weight excluding hydrogens is 416 g/mol. The van der Waals surface area contributed by atoms with Gasteiger partial charge in [0.1, 0.15) is 0 Å². The van der Waals surface area contributed by atoms with Gasteiger partial charge in [0.15, 0.2) is 0 Å². The number of carbonyl (C=O) groups excluding carboxylic acids is 2. The molecule has 0 saturated heterocycles. The average Bonchev–Trinajstić information content (AvgIpc) is 3.42. The number of thiophene rings is 2. The minimum Gasteiger partial charge on any atom is -0.273 e. The first kappa shape index (κ1) is 24.0. The first-order chi connectivity index (χ1) is 14.4. The van der Waals surface area contributed by atoms with E-state index in [0.29, 0.717) is 25.7 Å². The molecule has 0 aliphatic carbocycles. The minimum absolute atomic E-state index is 0.139. The first-order valence-corrected chi connectivity index (χ1v) is 11.9. The topological polar surface area (TPSA) is 82.9 Å². The molecule has 8 heteroatoms. The van der Waals surface area contributed by atoms with Gasteiger partial charge in [0.2, 0.25) is 11.8 Å². The zero-order chi connectivity index (χ0) is 21.9. The Balaban J connectivity index is 1.65. The number of rotatable bonds is 11. The van der Waals surface area contributed by atoms with E-state index in [4.69, 9.17) is 0 Å². The summed E-state index contributed by atoms with van der Waals surface area (Å²) in [4.78, 5) is 28.6. The third kappa shape index (κ3) is 7.84. The molecule has 0 aliphatic heterocycles. The van der Waals surface area contributed by atoms with Crippen molar-refractivity contribution in [2.45, 2.75) is 66.2 Å². The van der Waals surface area contributed by atoms with Crippen LogP contribution >= 0.6 is 22.7 Å². The maximum atomic E-state index is 11.9. The van der Waals surface area contributed by atoms with Crippen LogP contribution in [-0.4, -0.2) is 23.2 Å². The van der Waals surface area contributed by atoms with Crippen LogP contribution in [0.25, 0.3) is 0 Å². The number of nitrogens with zero attached hydrogens (tertiary/aromatic N) is 2. The van der Waals surface area contributed by atoms with Crippen LogP contribution in [0.5, 0.6) is 0 Å². The van der Waals surface area contributed by atoms with Crippen molar-refractivity contribution in [3.05, 3.63) is 43.8 Å². The number of nitrogens with one attached hydrogen (secondary N) is 2. The molecular formula is C22H30N4O2S2. The highest BCUT2D eigenvalue weighted by Gasteiger charge is 2.07. The van der Waals surface area contributed by atoms with Crippen molar-refractivity contribution in [2.24, 2.45) is 10.2 Å². The van der Waals surface area contributed by atoms with E-state index < -0.39 is 0 Å². The molecule has 2 aromatic heterocycles. The fourth-order valence-electron chi connectivity index (χ4n) is 2.61. The van der Waals surface area contributed by atoms with Crippen LogP contribution in [0.2, 0.25) is 0 Å². The highest BCUT2D eigenvalue weighted by Crippen LogP contribution is 2.18. The van der Waals surface area contributed by atoms with Gasteiger partial charge in [-0.05, 0) is 63.8 Å². The normalized spacial score (nSPS) is 12.1. The lowest BCUT2D eigenvalue weighted by Crippen LogP contribution is -2.20. The molecule has 0 spiro atoms. The van der Waals surface area contributed by atoms with Crippen molar-refractivity contribution in [2.75, 3.05) is 0 Å². The van der Waals surface area contributed by atoms with E-state index in [2.05, 4.69) is 47.0 Å². The quantitative estimate of drug-likeness (QED) is 0.293. The van der Waals surface area contributed by atoms with E-state index >= 15 is 0 Å². The van der Waals surface area contributed by atoms with Crippen molar-refractivity contribution in [3.63, 3.8) is 0 Å². The molecule has 2 aromatic rings. The van der Waals surface area contributed by atoms with Gasteiger partial charge in [-0.2, -0.15) is 10.2 Å². The Morgan fingerprint density at radius 1 is 0.767 bits per heavy atom. The number of hydrogen-bond acceptors (Lipinski definition) is 6. The zero-order valence-electron chi connectivity index (χ0n) is 18.1. The van der Waals surface area contributed by atoms with Crippen molar-refractivity contribution >= 4 is 45.9 Å². The Morgan fingerprint density at radius 2 is 1.17 bits per heavy atom. The van der Waals surface area contributed by atoms with Crippen LogP contribution in [0.3, 0.4) is 0 Å². The predicted molar refractivity (Wildman–Crippen MR) is 127 cm³/mol. The van der Waals surface area contributed by atoms with Crippen molar-refractivity contribution in [1.29, 1.82) is 0 Å². The molecule has 30 heavy (non-hydrogen) atoms. The highest BCUT2D eigenvalue weighted by molar-refractivity contribution is 7.14. The predicted octanol–water partition coefficient (Wildman–Crippen LogP) is 4.88. The molecule has 2 rings (SSSR count). The molecule has 0 fully saturated rings. The first-order valence-electron chi connectivity index (χ1n) is 10.3. The summed E-state index contributed by atoms with van der Waals surface area (Å²) in [6.07, 6.45) is 3.92. The SMILES string of the molecule is CCc1ccc(C(C)=NNC(=O)CCCCC(=O)NN=C(C)c2ccc(CC)s2)s1. The molecule has 2 amide bonds. The third-order valence-electron chi connectivity index (χ3n) is 4.49. The Kier molecular flexibility index (Phi) is 9.89. The van der Waals surface area contributed by atoms with E-state index in [1.807, 2.05) is 26.0 Å². The highest BCUT2D eigenvalue weighted by atomic mass is 32.1. The summed E-state index contributed by atoms with van der Waals surface area (Å²) in [5.41, 5.74) is 6.80. The van der Waals surface area contributed by atoms with Crippen LogP contribution in [0.1, 0.15) is 72.9 Å². The second kappa shape index (κ2) is 12.4. The minimum atomic E-state index is -0.139.